The second-order valence-electron chi connectivity index (χ2n) is 11.7. The zero-order valence-corrected chi connectivity index (χ0v) is 23.4. The van der Waals surface area contributed by atoms with E-state index in [1.165, 1.54) is 18.6 Å². The first kappa shape index (κ1) is 26.3. The number of carbonyl (C=O) groups is 1. The number of rotatable bonds is 8. The quantitative estimate of drug-likeness (QED) is 0.220. The van der Waals surface area contributed by atoms with Gasteiger partial charge in [-0.15, -0.1) is 0 Å². The summed E-state index contributed by atoms with van der Waals surface area (Å²) in [6.07, 6.45) is 5.10. The van der Waals surface area contributed by atoms with E-state index in [-0.39, 0.29) is 17.8 Å². The van der Waals surface area contributed by atoms with Crippen LogP contribution in [0.15, 0.2) is 66.9 Å². The van der Waals surface area contributed by atoms with E-state index in [9.17, 15) is 9.18 Å². The minimum absolute atomic E-state index is 0.0288. The van der Waals surface area contributed by atoms with Gasteiger partial charge >= 0.3 is 0 Å². The summed E-state index contributed by atoms with van der Waals surface area (Å²) >= 11 is 0. The Kier molecular flexibility index (Phi) is 6.70. The van der Waals surface area contributed by atoms with Gasteiger partial charge < -0.3 is 14.6 Å². The summed E-state index contributed by atoms with van der Waals surface area (Å²) in [4.78, 5) is 13.0. The van der Waals surface area contributed by atoms with Crippen LogP contribution < -0.4 is 5.32 Å². The molecule has 1 aliphatic carbocycles. The van der Waals surface area contributed by atoms with Crippen LogP contribution in [-0.4, -0.2) is 40.4 Å². The number of halogens is 1. The summed E-state index contributed by atoms with van der Waals surface area (Å²) in [6, 6.07) is 19.0. The van der Waals surface area contributed by atoms with Crippen molar-refractivity contribution in [1.82, 2.24) is 20.1 Å². The molecule has 206 valence electrons. The van der Waals surface area contributed by atoms with Crippen molar-refractivity contribution in [3.05, 3.63) is 83.9 Å². The van der Waals surface area contributed by atoms with Crippen molar-refractivity contribution in [3.63, 3.8) is 0 Å². The highest BCUT2D eigenvalue weighted by atomic mass is 19.1. The lowest BCUT2D eigenvalue weighted by atomic mass is 9.78. The molecule has 2 N–H and O–H groups in total. The van der Waals surface area contributed by atoms with Crippen molar-refractivity contribution in [2.45, 2.75) is 51.5 Å². The topological polar surface area (TPSA) is 71.9 Å². The van der Waals surface area contributed by atoms with Crippen LogP contribution in [0.3, 0.4) is 0 Å². The smallest absolute Gasteiger partial charge is 0.251 e. The van der Waals surface area contributed by atoms with E-state index >= 15 is 0 Å². The Bertz CT molecular complexity index is 1680. The molecule has 7 heteroatoms. The number of benzene rings is 3. The van der Waals surface area contributed by atoms with E-state index in [4.69, 9.17) is 4.74 Å². The number of amides is 1. The molecule has 0 atom stereocenters. The molecule has 1 amide bonds. The number of nitrogens with one attached hydrogen (secondary N) is 2. The Morgan fingerprint density at radius 2 is 1.85 bits per heavy atom. The molecule has 6 rings (SSSR count). The van der Waals surface area contributed by atoms with Gasteiger partial charge in [-0.3, -0.25) is 9.89 Å². The Morgan fingerprint density at radius 3 is 2.52 bits per heavy atom. The van der Waals surface area contributed by atoms with E-state index in [1.54, 1.807) is 7.11 Å². The number of ether oxygens (including phenoxy) is 1. The molecule has 2 heterocycles. The third kappa shape index (κ3) is 4.58. The molecule has 0 unspecified atom stereocenters. The van der Waals surface area contributed by atoms with Gasteiger partial charge in [0.25, 0.3) is 5.91 Å². The van der Waals surface area contributed by atoms with E-state index < -0.39 is 5.41 Å². The highest BCUT2D eigenvalue weighted by Gasteiger charge is 2.33. The lowest BCUT2D eigenvalue weighted by Crippen LogP contribution is -2.44. The largest absolute Gasteiger partial charge is 0.384 e. The molecule has 0 aliphatic heterocycles. The molecule has 5 aromatic rings. The molecular weight excluding hydrogens is 503 g/mol. The number of methoxy groups -OCH3 is 1. The monoisotopic (exact) mass is 538 g/mol. The molecule has 0 saturated heterocycles. The fraction of sp³-hybridized carbons (Fsp3) is 0.333. The molecule has 1 fully saturated rings. The first-order chi connectivity index (χ1) is 19.3. The predicted octanol–water partition coefficient (Wildman–Crippen LogP) is 7.16. The second-order valence-corrected chi connectivity index (χ2v) is 11.7. The lowest BCUT2D eigenvalue weighted by Gasteiger charge is -2.35. The van der Waals surface area contributed by atoms with E-state index in [1.807, 2.05) is 42.6 Å². The van der Waals surface area contributed by atoms with Gasteiger partial charge in [-0.1, -0.05) is 39.3 Å². The number of H-pyrrole nitrogens is 1. The predicted molar refractivity (Wildman–Crippen MR) is 157 cm³/mol. The number of fused-ring (bicyclic) bond motifs is 2. The molecule has 1 aliphatic rings. The SMILES string of the molecule is CCC1CC(NC(=O)c2ccc(-c3c(C(C)(C)COC)n(-c4ccc(F)cc4)c4cc5cn[nH]c5cc34)cc2)C1. The van der Waals surface area contributed by atoms with Gasteiger partial charge in [0, 0.05) is 51.8 Å². The number of hydrogen-bond acceptors (Lipinski definition) is 3. The van der Waals surface area contributed by atoms with E-state index in [0.717, 1.165) is 63.1 Å². The Balaban J connectivity index is 1.52. The average molecular weight is 539 g/mol. The molecule has 0 bridgehead atoms. The first-order valence-corrected chi connectivity index (χ1v) is 14.0. The zero-order chi connectivity index (χ0) is 28.0. The van der Waals surface area contributed by atoms with Crippen molar-refractivity contribution >= 4 is 27.7 Å². The fourth-order valence-corrected chi connectivity index (χ4v) is 6.19. The van der Waals surface area contributed by atoms with Crippen LogP contribution >= 0.6 is 0 Å². The van der Waals surface area contributed by atoms with Gasteiger partial charge in [-0.25, -0.2) is 4.39 Å². The Morgan fingerprint density at radius 1 is 1.12 bits per heavy atom. The number of aromatic nitrogens is 3. The first-order valence-electron chi connectivity index (χ1n) is 14.0. The summed E-state index contributed by atoms with van der Waals surface area (Å²) in [7, 11) is 1.71. The van der Waals surface area contributed by atoms with Crippen molar-refractivity contribution in [1.29, 1.82) is 0 Å². The van der Waals surface area contributed by atoms with Crippen molar-refractivity contribution in [2.24, 2.45) is 5.92 Å². The number of hydrogen-bond donors (Lipinski definition) is 2. The molecule has 2 aromatic heterocycles. The maximum atomic E-state index is 14.0. The van der Waals surface area contributed by atoms with Crippen molar-refractivity contribution in [3.8, 4) is 16.8 Å². The fourth-order valence-electron chi connectivity index (χ4n) is 6.19. The van der Waals surface area contributed by atoms with Crippen LogP contribution in [-0.2, 0) is 10.2 Å². The van der Waals surface area contributed by atoms with Gasteiger partial charge in [0.15, 0.2) is 0 Å². The van der Waals surface area contributed by atoms with Gasteiger partial charge in [-0.05, 0) is 72.9 Å². The Labute approximate surface area is 233 Å². The van der Waals surface area contributed by atoms with Gasteiger partial charge in [0.1, 0.15) is 5.82 Å². The maximum Gasteiger partial charge on any atom is 0.251 e. The average Bonchev–Trinajstić information content (AvgIpc) is 3.52. The van der Waals surface area contributed by atoms with E-state index in [2.05, 4.69) is 53.0 Å². The molecule has 1 saturated carbocycles. The second kappa shape index (κ2) is 10.2. The van der Waals surface area contributed by atoms with Crippen LogP contribution in [0.4, 0.5) is 4.39 Å². The molecule has 0 radical (unpaired) electrons. The van der Waals surface area contributed by atoms with Crippen molar-refractivity contribution < 1.29 is 13.9 Å². The maximum absolute atomic E-state index is 14.0. The molecule has 6 nitrogen and oxygen atoms in total. The molecular formula is C33H35FN4O2. The van der Waals surface area contributed by atoms with Crippen LogP contribution in [0.1, 0.15) is 56.1 Å². The van der Waals surface area contributed by atoms with E-state index in [0.29, 0.717) is 12.2 Å². The highest BCUT2D eigenvalue weighted by Crippen LogP contribution is 2.44. The molecule has 40 heavy (non-hydrogen) atoms. The van der Waals surface area contributed by atoms with Gasteiger partial charge in [0.05, 0.1) is 23.8 Å². The zero-order valence-electron chi connectivity index (χ0n) is 23.4. The molecule has 3 aromatic carbocycles. The van der Waals surface area contributed by atoms with Crippen LogP contribution in [0.5, 0.6) is 0 Å². The van der Waals surface area contributed by atoms with Crippen LogP contribution in [0.25, 0.3) is 38.6 Å². The minimum atomic E-state index is -0.403. The summed E-state index contributed by atoms with van der Waals surface area (Å²) in [6.45, 7) is 7.00. The number of aromatic amines is 1. The standard InChI is InChI=1S/C33H35FN4O2/c1-5-20-14-25(15-20)36-32(39)22-8-6-21(7-9-22)30-27-17-28-23(18-35-37-28)16-29(27)38(26-12-10-24(34)11-13-26)31(30)33(2,3)19-40-4/h6-13,16-18,20,25H,5,14-15,19H2,1-4H3,(H,35,37)(H,36,39). The summed E-state index contributed by atoms with van der Waals surface area (Å²) < 4.78 is 21.9. The normalized spacial score (nSPS) is 17.3. The third-order valence-corrected chi connectivity index (χ3v) is 8.34. The number of carbonyl (C=O) groups excluding carboxylic acids is 1. The number of nitrogens with zero attached hydrogens (tertiary/aromatic N) is 2. The van der Waals surface area contributed by atoms with Crippen LogP contribution in [0.2, 0.25) is 0 Å². The summed E-state index contributed by atoms with van der Waals surface area (Å²) in [5, 5.41) is 12.6. The highest BCUT2D eigenvalue weighted by molar-refractivity contribution is 6.06. The van der Waals surface area contributed by atoms with Gasteiger partial charge in [-0.2, -0.15) is 5.10 Å². The Hall–Kier alpha value is -3.97. The minimum Gasteiger partial charge on any atom is -0.384 e. The van der Waals surface area contributed by atoms with Crippen molar-refractivity contribution in [2.75, 3.05) is 13.7 Å². The molecule has 0 spiro atoms. The van der Waals surface area contributed by atoms with Gasteiger partial charge in [0.2, 0.25) is 0 Å². The summed E-state index contributed by atoms with van der Waals surface area (Å²) in [5.74, 6) is 0.414. The van der Waals surface area contributed by atoms with Crippen LogP contribution in [0, 0.1) is 11.7 Å². The lowest BCUT2D eigenvalue weighted by molar-refractivity contribution is 0.0888. The summed E-state index contributed by atoms with van der Waals surface area (Å²) in [5.41, 5.74) is 6.13. The third-order valence-electron chi connectivity index (χ3n) is 8.34.